The molecule has 2 aromatic rings. The van der Waals surface area contributed by atoms with Gasteiger partial charge in [0.1, 0.15) is 0 Å². The number of aromatic nitrogens is 3. The molecule has 0 unspecified atom stereocenters. The molecule has 1 aliphatic rings. The lowest BCUT2D eigenvalue weighted by molar-refractivity contribution is 0.410. The van der Waals surface area contributed by atoms with Crippen LogP contribution in [0.2, 0.25) is 0 Å². The van der Waals surface area contributed by atoms with Gasteiger partial charge in [-0.25, -0.2) is 4.52 Å². The molecule has 17 heavy (non-hydrogen) atoms. The maximum absolute atomic E-state index is 5.89. The van der Waals surface area contributed by atoms with Crippen molar-refractivity contribution in [2.24, 2.45) is 5.73 Å². The average molecular weight is 231 g/mol. The highest BCUT2D eigenvalue weighted by Crippen LogP contribution is 2.19. The third kappa shape index (κ3) is 2.24. The first kappa shape index (κ1) is 10.5. The first-order chi connectivity index (χ1) is 8.31. The van der Waals surface area contributed by atoms with Crippen molar-refractivity contribution in [1.82, 2.24) is 14.6 Å². The Bertz CT molecular complexity index is 465. The molecule has 5 nitrogen and oxygen atoms in total. The van der Waals surface area contributed by atoms with E-state index in [2.05, 4.69) is 15.4 Å². The van der Waals surface area contributed by atoms with Gasteiger partial charge < -0.3 is 11.1 Å². The normalized spacial score (nSPS) is 25.0. The lowest BCUT2D eigenvalue weighted by Crippen LogP contribution is -2.33. The molecule has 0 radical (unpaired) electrons. The van der Waals surface area contributed by atoms with Crippen LogP contribution in [0.15, 0.2) is 24.4 Å². The van der Waals surface area contributed by atoms with Gasteiger partial charge in [-0.3, -0.25) is 0 Å². The van der Waals surface area contributed by atoms with Crippen LogP contribution in [0.5, 0.6) is 0 Å². The summed E-state index contributed by atoms with van der Waals surface area (Å²) in [6.45, 7) is 0. The smallest absolute Gasteiger partial charge is 0.243 e. The first-order valence-corrected chi connectivity index (χ1v) is 6.15. The van der Waals surface area contributed by atoms with Crippen molar-refractivity contribution in [3.8, 4) is 0 Å². The molecular formula is C12H17N5. The van der Waals surface area contributed by atoms with E-state index in [1.54, 1.807) is 4.52 Å². The maximum atomic E-state index is 5.89. The topological polar surface area (TPSA) is 68.2 Å². The largest absolute Gasteiger partial charge is 0.350 e. The molecule has 1 aliphatic carbocycles. The zero-order valence-corrected chi connectivity index (χ0v) is 9.71. The van der Waals surface area contributed by atoms with E-state index in [-0.39, 0.29) is 0 Å². The first-order valence-electron chi connectivity index (χ1n) is 6.15. The summed E-state index contributed by atoms with van der Waals surface area (Å²) >= 11 is 0. The number of hydrogen-bond donors (Lipinski definition) is 2. The molecule has 5 heteroatoms. The van der Waals surface area contributed by atoms with Gasteiger partial charge in [-0.15, -0.1) is 5.10 Å². The van der Waals surface area contributed by atoms with Gasteiger partial charge in [-0.05, 0) is 37.8 Å². The van der Waals surface area contributed by atoms with E-state index < -0.39 is 0 Å². The number of nitrogens with zero attached hydrogens (tertiary/aromatic N) is 3. The number of fused-ring (bicyclic) bond motifs is 1. The molecule has 0 spiro atoms. The molecule has 0 aromatic carbocycles. The molecule has 2 aromatic heterocycles. The van der Waals surface area contributed by atoms with Crippen LogP contribution in [0.25, 0.3) is 5.65 Å². The number of nitrogens with two attached hydrogens (primary N) is 1. The van der Waals surface area contributed by atoms with Crippen molar-refractivity contribution in [2.75, 3.05) is 5.32 Å². The van der Waals surface area contributed by atoms with Crippen LogP contribution in [0, 0.1) is 0 Å². The monoisotopic (exact) mass is 231 g/mol. The van der Waals surface area contributed by atoms with Gasteiger partial charge >= 0.3 is 0 Å². The number of anilines is 1. The van der Waals surface area contributed by atoms with Gasteiger partial charge in [0, 0.05) is 18.3 Å². The van der Waals surface area contributed by atoms with Crippen LogP contribution < -0.4 is 11.1 Å². The summed E-state index contributed by atoms with van der Waals surface area (Å²) in [7, 11) is 0. The van der Waals surface area contributed by atoms with E-state index in [9.17, 15) is 0 Å². The summed E-state index contributed by atoms with van der Waals surface area (Å²) in [5.74, 6) is 0.719. The molecule has 0 bridgehead atoms. The Morgan fingerprint density at radius 1 is 1.24 bits per heavy atom. The highest BCUT2D eigenvalue weighted by Gasteiger charge is 2.19. The number of pyridine rings is 1. The highest BCUT2D eigenvalue weighted by atomic mass is 15.3. The Hall–Kier alpha value is -1.62. The zero-order chi connectivity index (χ0) is 11.7. The van der Waals surface area contributed by atoms with E-state index in [0.29, 0.717) is 12.1 Å². The van der Waals surface area contributed by atoms with Gasteiger partial charge in [-0.2, -0.15) is 4.98 Å². The number of nitrogens with one attached hydrogen (secondary N) is 1. The molecule has 1 saturated carbocycles. The minimum absolute atomic E-state index is 0.377. The Kier molecular flexibility index (Phi) is 2.68. The molecule has 0 saturated heterocycles. The fourth-order valence-corrected chi connectivity index (χ4v) is 2.34. The van der Waals surface area contributed by atoms with Crippen molar-refractivity contribution < 1.29 is 0 Å². The van der Waals surface area contributed by atoms with Crippen molar-refractivity contribution in [3.05, 3.63) is 24.4 Å². The predicted molar refractivity (Wildman–Crippen MR) is 66.8 cm³/mol. The van der Waals surface area contributed by atoms with Crippen LogP contribution in [-0.2, 0) is 0 Å². The van der Waals surface area contributed by atoms with E-state index in [4.69, 9.17) is 5.73 Å². The van der Waals surface area contributed by atoms with Gasteiger partial charge in [0.2, 0.25) is 5.95 Å². The Labute approximate surface area is 100 Å². The minimum Gasteiger partial charge on any atom is -0.350 e. The average Bonchev–Trinajstić information content (AvgIpc) is 2.74. The summed E-state index contributed by atoms with van der Waals surface area (Å²) in [6.07, 6.45) is 6.30. The van der Waals surface area contributed by atoms with E-state index in [1.165, 1.54) is 0 Å². The quantitative estimate of drug-likeness (QED) is 0.820. The SMILES string of the molecule is NC1CCC(Nc2nc3ccccn3n2)CC1. The second kappa shape index (κ2) is 4.33. The molecular weight excluding hydrogens is 214 g/mol. The molecule has 0 aliphatic heterocycles. The fourth-order valence-electron chi connectivity index (χ4n) is 2.34. The molecule has 90 valence electrons. The second-order valence-electron chi connectivity index (χ2n) is 4.69. The summed E-state index contributed by atoms with van der Waals surface area (Å²) in [6, 6.07) is 6.71. The third-order valence-electron chi connectivity index (χ3n) is 3.35. The van der Waals surface area contributed by atoms with Crippen LogP contribution in [0.4, 0.5) is 5.95 Å². The molecule has 3 rings (SSSR count). The van der Waals surface area contributed by atoms with Crippen LogP contribution in [0.3, 0.4) is 0 Å². The molecule has 0 amide bonds. The van der Waals surface area contributed by atoms with E-state index >= 15 is 0 Å². The van der Waals surface area contributed by atoms with Crippen LogP contribution in [-0.4, -0.2) is 26.7 Å². The summed E-state index contributed by atoms with van der Waals surface area (Å²) in [4.78, 5) is 4.44. The maximum Gasteiger partial charge on any atom is 0.243 e. The van der Waals surface area contributed by atoms with Crippen molar-refractivity contribution in [3.63, 3.8) is 0 Å². The lowest BCUT2D eigenvalue weighted by Gasteiger charge is -2.26. The summed E-state index contributed by atoms with van der Waals surface area (Å²) in [5, 5.41) is 7.78. The van der Waals surface area contributed by atoms with E-state index in [0.717, 1.165) is 37.3 Å². The Morgan fingerprint density at radius 2 is 2.06 bits per heavy atom. The highest BCUT2D eigenvalue weighted by molar-refractivity contribution is 5.43. The predicted octanol–water partition coefficient (Wildman–Crippen LogP) is 1.41. The van der Waals surface area contributed by atoms with Gasteiger partial charge in [0.05, 0.1) is 0 Å². The third-order valence-corrected chi connectivity index (χ3v) is 3.35. The number of rotatable bonds is 2. The van der Waals surface area contributed by atoms with E-state index in [1.807, 2.05) is 24.4 Å². The number of hydrogen-bond acceptors (Lipinski definition) is 4. The van der Waals surface area contributed by atoms with Crippen molar-refractivity contribution >= 4 is 11.6 Å². The Balaban J connectivity index is 1.72. The lowest BCUT2D eigenvalue weighted by atomic mass is 9.92. The zero-order valence-electron chi connectivity index (χ0n) is 9.71. The van der Waals surface area contributed by atoms with Gasteiger partial charge in [0.25, 0.3) is 0 Å². The molecule has 3 N–H and O–H groups in total. The second-order valence-corrected chi connectivity index (χ2v) is 4.69. The standard InChI is InChI=1S/C12H17N5/c13-9-4-6-10(7-5-9)14-12-15-11-3-1-2-8-17(11)16-12/h1-3,8-10H,4-7,13H2,(H,14,16). The molecule has 0 atom stereocenters. The Morgan fingerprint density at radius 3 is 2.82 bits per heavy atom. The minimum atomic E-state index is 0.377. The van der Waals surface area contributed by atoms with Crippen molar-refractivity contribution in [1.29, 1.82) is 0 Å². The molecule has 1 fully saturated rings. The summed E-state index contributed by atoms with van der Waals surface area (Å²) < 4.78 is 1.79. The fraction of sp³-hybridized carbons (Fsp3) is 0.500. The van der Waals surface area contributed by atoms with Crippen LogP contribution in [0.1, 0.15) is 25.7 Å². The van der Waals surface area contributed by atoms with Crippen molar-refractivity contribution in [2.45, 2.75) is 37.8 Å². The van der Waals surface area contributed by atoms with Gasteiger partial charge in [-0.1, -0.05) is 6.07 Å². The molecule has 2 heterocycles. The van der Waals surface area contributed by atoms with Crippen LogP contribution >= 0.6 is 0 Å². The summed E-state index contributed by atoms with van der Waals surface area (Å²) in [5.41, 5.74) is 6.77. The van der Waals surface area contributed by atoms with Gasteiger partial charge in [0.15, 0.2) is 5.65 Å².